The summed E-state index contributed by atoms with van der Waals surface area (Å²) in [6, 6.07) is 7.54. The van der Waals surface area contributed by atoms with Crippen LogP contribution in [-0.2, 0) is 9.53 Å². The maximum atomic E-state index is 12.3. The molecule has 0 spiro atoms. The molecule has 2 N–H and O–H groups in total. The van der Waals surface area contributed by atoms with Gasteiger partial charge in [0, 0.05) is 17.3 Å². The van der Waals surface area contributed by atoms with E-state index in [0.29, 0.717) is 12.8 Å². The summed E-state index contributed by atoms with van der Waals surface area (Å²) < 4.78 is 6.46. The predicted molar refractivity (Wildman–Crippen MR) is 81.9 cm³/mol. The van der Waals surface area contributed by atoms with Crippen molar-refractivity contribution in [1.82, 2.24) is 5.32 Å². The highest BCUT2D eigenvalue weighted by atomic mass is 79.9. The Bertz CT molecular complexity index is 419. The molecule has 1 aromatic rings. The Morgan fingerprint density at radius 1 is 1.32 bits per heavy atom. The van der Waals surface area contributed by atoms with Crippen molar-refractivity contribution in [3.63, 3.8) is 0 Å². The topological polar surface area (TPSA) is 50.4 Å². The summed E-state index contributed by atoms with van der Waals surface area (Å²) >= 11 is 3.37. The highest BCUT2D eigenvalue weighted by Crippen LogP contribution is 2.25. The van der Waals surface area contributed by atoms with Crippen LogP contribution in [0, 0.1) is 0 Å². The van der Waals surface area contributed by atoms with Gasteiger partial charge in [-0.15, -0.1) is 12.4 Å². The third-order valence-corrected chi connectivity index (χ3v) is 3.85. The highest BCUT2D eigenvalue weighted by molar-refractivity contribution is 9.10. The van der Waals surface area contributed by atoms with Crippen LogP contribution >= 0.6 is 28.3 Å². The van der Waals surface area contributed by atoms with E-state index in [1.807, 2.05) is 24.3 Å². The second kappa shape index (κ2) is 7.24. The van der Waals surface area contributed by atoms with Crippen molar-refractivity contribution in [2.75, 3.05) is 25.5 Å². The number of ether oxygens (including phenoxy) is 1. The minimum atomic E-state index is -0.696. The van der Waals surface area contributed by atoms with Crippen LogP contribution in [0.5, 0.6) is 0 Å². The number of piperidine rings is 1. The minimum absolute atomic E-state index is 0. The number of halogens is 2. The standard InChI is InChI=1S/C13H17BrN2O2.ClH/c1-18-13(6-8-15-9-7-13)12(17)16-11-4-2-10(14)3-5-11;/h2-5,15H,6-9H2,1H3,(H,16,17);1H. The van der Waals surface area contributed by atoms with Crippen LogP contribution in [0.25, 0.3) is 0 Å². The van der Waals surface area contributed by atoms with Crippen LogP contribution in [0.3, 0.4) is 0 Å². The van der Waals surface area contributed by atoms with Gasteiger partial charge in [0.2, 0.25) is 0 Å². The lowest BCUT2D eigenvalue weighted by Gasteiger charge is -2.34. The minimum Gasteiger partial charge on any atom is -0.368 e. The number of nitrogens with one attached hydrogen (secondary N) is 2. The fraction of sp³-hybridized carbons (Fsp3) is 0.462. The predicted octanol–water partition coefficient (Wildman–Crippen LogP) is 2.58. The first kappa shape index (κ1) is 16.4. The zero-order valence-electron chi connectivity index (χ0n) is 10.7. The Balaban J connectivity index is 0.00000180. The van der Waals surface area contributed by atoms with E-state index in [-0.39, 0.29) is 18.3 Å². The van der Waals surface area contributed by atoms with E-state index in [1.165, 1.54) is 0 Å². The molecule has 1 aliphatic heterocycles. The first-order valence-corrected chi connectivity index (χ1v) is 6.78. The summed E-state index contributed by atoms with van der Waals surface area (Å²) in [6.07, 6.45) is 1.40. The lowest BCUT2D eigenvalue weighted by atomic mass is 9.91. The third kappa shape index (κ3) is 3.92. The van der Waals surface area contributed by atoms with Gasteiger partial charge in [0.05, 0.1) is 0 Å². The second-order valence-corrected chi connectivity index (χ2v) is 5.33. The van der Waals surface area contributed by atoms with Crippen molar-refractivity contribution in [3.8, 4) is 0 Å². The van der Waals surface area contributed by atoms with E-state index >= 15 is 0 Å². The monoisotopic (exact) mass is 348 g/mol. The first-order valence-electron chi connectivity index (χ1n) is 5.99. The van der Waals surface area contributed by atoms with Crippen LogP contribution in [0.2, 0.25) is 0 Å². The molecule has 1 amide bonds. The maximum Gasteiger partial charge on any atom is 0.256 e. The molecule has 1 heterocycles. The van der Waals surface area contributed by atoms with Crippen molar-refractivity contribution >= 4 is 39.9 Å². The number of amides is 1. The fourth-order valence-corrected chi connectivity index (χ4v) is 2.40. The van der Waals surface area contributed by atoms with Crippen molar-refractivity contribution in [3.05, 3.63) is 28.7 Å². The number of rotatable bonds is 3. The Kier molecular flexibility index (Phi) is 6.26. The molecule has 0 aliphatic carbocycles. The number of carbonyl (C=O) groups excluding carboxylic acids is 1. The van der Waals surface area contributed by atoms with E-state index in [0.717, 1.165) is 23.2 Å². The Labute approximate surface area is 127 Å². The van der Waals surface area contributed by atoms with Crippen LogP contribution in [-0.4, -0.2) is 31.7 Å². The van der Waals surface area contributed by atoms with Gasteiger partial charge in [-0.25, -0.2) is 0 Å². The molecule has 1 saturated heterocycles. The molecule has 6 heteroatoms. The molecule has 0 atom stereocenters. The van der Waals surface area contributed by atoms with Gasteiger partial charge in [-0.05, 0) is 50.2 Å². The lowest BCUT2D eigenvalue weighted by molar-refractivity contribution is -0.140. The number of carbonyl (C=O) groups is 1. The Hall–Kier alpha value is -0.620. The van der Waals surface area contributed by atoms with Crippen molar-refractivity contribution < 1.29 is 9.53 Å². The summed E-state index contributed by atoms with van der Waals surface area (Å²) in [5, 5.41) is 6.15. The zero-order chi connectivity index (χ0) is 13.0. The smallest absolute Gasteiger partial charge is 0.256 e. The molecular formula is C13H18BrClN2O2. The number of hydrogen-bond donors (Lipinski definition) is 2. The summed E-state index contributed by atoms with van der Waals surface area (Å²) in [6.45, 7) is 1.61. The number of methoxy groups -OCH3 is 1. The molecule has 1 aliphatic rings. The normalized spacial score (nSPS) is 17.4. The van der Waals surface area contributed by atoms with Gasteiger partial charge >= 0.3 is 0 Å². The quantitative estimate of drug-likeness (QED) is 0.882. The average Bonchev–Trinajstić information content (AvgIpc) is 2.42. The Morgan fingerprint density at radius 2 is 1.89 bits per heavy atom. The molecule has 4 nitrogen and oxygen atoms in total. The van der Waals surface area contributed by atoms with E-state index < -0.39 is 5.60 Å². The molecule has 0 radical (unpaired) electrons. The Morgan fingerprint density at radius 3 is 2.42 bits per heavy atom. The third-order valence-electron chi connectivity index (χ3n) is 3.32. The highest BCUT2D eigenvalue weighted by Gasteiger charge is 2.39. The summed E-state index contributed by atoms with van der Waals surface area (Å²) in [4.78, 5) is 12.3. The molecule has 1 aromatic carbocycles. The molecule has 0 saturated carbocycles. The average molecular weight is 350 g/mol. The van der Waals surface area contributed by atoms with Gasteiger partial charge in [0.15, 0.2) is 0 Å². The number of benzene rings is 1. The molecular weight excluding hydrogens is 332 g/mol. The largest absolute Gasteiger partial charge is 0.368 e. The van der Waals surface area contributed by atoms with Crippen LogP contribution in [0.4, 0.5) is 5.69 Å². The number of hydrogen-bond acceptors (Lipinski definition) is 3. The second-order valence-electron chi connectivity index (χ2n) is 4.41. The van der Waals surface area contributed by atoms with Crippen molar-refractivity contribution in [1.29, 1.82) is 0 Å². The zero-order valence-corrected chi connectivity index (χ0v) is 13.1. The fourth-order valence-electron chi connectivity index (χ4n) is 2.13. The molecule has 0 aromatic heterocycles. The molecule has 1 fully saturated rings. The summed E-state index contributed by atoms with van der Waals surface area (Å²) in [5.74, 6) is -0.0613. The van der Waals surface area contributed by atoms with Crippen LogP contribution < -0.4 is 10.6 Å². The summed E-state index contributed by atoms with van der Waals surface area (Å²) in [7, 11) is 1.60. The van der Waals surface area contributed by atoms with Gasteiger partial charge in [0.25, 0.3) is 5.91 Å². The van der Waals surface area contributed by atoms with Crippen molar-refractivity contribution in [2.45, 2.75) is 18.4 Å². The summed E-state index contributed by atoms with van der Waals surface area (Å²) in [5.41, 5.74) is 0.0939. The lowest BCUT2D eigenvalue weighted by Crippen LogP contribution is -2.51. The van der Waals surface area contributed by atoms with E-state index in [9.17, 15) is 4.79 Å². The van der Waals surface area contributed by atoms with E-state index in [1.54, 1.807) is 7.11 Å². The van der Waals surface area contributed by atoms with Gasteiger partial charge < -0.3 is 15.4 Å². The van der Waals surface area contributed by atoms with Crippen LogP contribution in [0.15, 0.2) is 28.7 Å². The first-order chi connectivity index (χ1) is 8.66. The molecule has 0 unspecified atom stereocenters. The molecule has 106 valence electrons. The molecule has 2 rings (SSSR count). The van der Waals surface area contributed by atoms with Crippen LogP contribution in [0.1, 0.15) is 12.8 Å². The van der Waals surface area contributed by atoms with E-state index in [4.69, 9.17) is 4.74 Å². The van der Waals surface area contributed by atoms with Gasteiger partial charge in [-0.1, -0.05) is 15.9 Å². The molecule has 19 heavy (non-hydrogen) atoms. The maximum absolute atomic E-state index is 12.3. The van der Waals surface area contributed by atoms with Crippen molar-refractivity contribution in [2.24, 2.45) is 0 Å². The van der Waals surface area contributed by atoms with E-state index in [2.05, 4.69) is 26.6 Å². The molecule has 0 bridgehead atoms. The number of anilines is 1. The van der Waals surface area contributed by atoms with Gasteiger partial charge in [-0.2, -0.15) is 0 Å². The van der Waals surface area contributed by atoms with Gasteiger partial charge in [0.1, 0.15) is 5.60 Å². The SMILES string of the molecule is COC1(C(=O)Nc2ccc(Br)cc2)CCNCC1.Cl. The van der Waals surface area contributed by atoms with Gasteiger partial charge in [-0.3, -0.25) is 4.79 Å².